The van der Waals surface area contributed by atoms with Gasteiger partial charge >= 0.3 is 0 Å². The summed E-state index contributed by atoms with van der Waals surface area (Å²) in [6.45, 7) is 1.09. The average molecular weight is 281 g/mol. The highest BCUT2D eigenvalue weighted by Crippen LogP contribution is 2.03. The molecule has 0 bridgehead atoms. The lowest BCUT2D eigenvalue weighted by molar-refractivity contribution is -0.671. The molecule has 0 aliphatic heterocycles. The number of nitrogens with zero attached hydrogens (tertiary/aromatic N) is 2. The van der Waals surface area contributed by atoms with E-state index in [-0.39, 0.29) is 17.0 Å². The van der Waals surface area contributed by atoms with E-state index < -0.39 is 0 Å². The number of benzene rings is 1. The van der Waals surface area contributed by atoms with Crippen molar-refractivity contribution in [1.82, 2.24) is 4.57 Å². The molecule has 3 heteroatoms. The van der Waals surface area contributed by atoms with Crippen molar-refractivity contribution in [3.8, 4) is 0 Å². The molecule has 0 fully saturated rings. The second kappa shape index (κ2) is 6.48. The van der Waals surface area contributed by atoms with Crippen molar-refractivity contribution >= 4 is 0 Å². The fraction of sp³-hybridized carbons (Fsp3) is 0.308. The predicted octanol–water partition coefficient (Wildman–Crippen LogP) is -1.05. The van der Waals surface area contributed by atoms with Crippen LogP contribution in [0.15, 0.2) is 49.1 Å². The van der Waals surface area contributed by atoms with Crippen LogP contribution in [0.25, 0.3) is 0 Å². The van der Waals surface area contributed by atoms with Crippen molar-refractivity contribution in [2.75, 3.05) is 0 Å². The zero-order valence-electron chi connectivity index (χ0n) is 9.51. The summed E-state index contributed by atoms with van der Waals surface area (Å²) in [6.07, 6.45) is 8.65. The van der Waals surface area contributed by atoms with Gasteiger partial charge in [0.05, 0.1) is 13.6 Å². The van der Waals surface area contributed by atoms with Gasteiger partial charge in [-0.15, -0.1) is 0 Å². The topological polar surface area (TPSA) is 8.81 Å². The van der Waals surface area contributed by atoms with E-state index in [4.69, 9.17) is 0 Å². The molecule has 0 N–H and O–H groups in total. The van der Waals surface area contributed by atoms with Gasteiger partial charge in [-0.3, -0.25) is 0 Å². The Kier molecular flexibility index (Phi) is 5.26. The van der Waals surface area contributed by atoms with E-state index in [0.717, 1.165) is 13.0 Å². The van der Waals surface area contributed by atoms with Crippen molar-refractivity contribution in [3.05, 3.63) is 54.6 Å². The molecule has 0 unspecified atom stereocenters. The molecule has 0 saturated carbocycles. The number of hydrogen-bond donors (Lipinski definition) is 0. The van der Waals surface area contributed by atoms with Crippen LogP contribution in [0.4, 0.5) is 0 Å². The maximum absolute atomic E-state index is 2.23. The summed E-state index contributed by atoms with van der Waals surface area (Å²) >= 11 is 0. The van der Waals surface area contributed by atoms with Crippen molar-refractivity contribution < 1.29 is 21.5 Å². The Morgan fingerprint density at radius 1 is 1.19 bits per heavy atom. The molecule has 16 heavy (non-hydrogen) atoms. The Balaban J connectivity index is 0.00000128. The van der Waals surface area contributed by atoms with Gasteiger partial charge in [-0.1, -0.05) is 30.3 Å². The smallest absolute Gasteiger partial charge is 0.243 e. The van der Waals surface area contributed by atoms with Crippen LogP contribution >= 0.6 is 0 Å². The molecule has 2 nitrogen and oxygen atoms in total. The van der Waals surface area contributed by atoms with Crippen LogP contribution in [-0.2, 0) is 20.0 Å². The minimum absolute atomic E-state index is 0. The fourth-order valence-corrected chi connectivity index (χ4v) is 1.74. The molecule has 1 aromatic carbocycles. The second-order valence-corrected chi connectivity index (χ2v) is 3.91. The van der Waals surface area contributed by atoms with Gasteiger partial charge in [0.1, 0.15) is 12.4 Å². The quantitative estimate of drug-likeness (QED) is 0.632. The van der Waals surface area contributed by atoms with Gasteiger partial charge in [0, 0.05) is 0 Å². The van der Waals surface area contributed by atoms with Crippen molar-refractivity contribution in [2.24, 2.45) is 7.05 Å². The summed E-state index contributed by atoms with van der Waals surface area (Å²) in [6, 6.07) is 10.6. The lowest BCUT2D eigenvalue weighted by Gasteiger charge is -1.98. The van der Waals surface area contributed by atoms with Gasteiger partial charge in [-0.25, -0.2) is 9.13 Å². The third kappa shape index (κ3) is 3.81. The number of halogens is 1. The van der Waals surface area contributed by atoms with Gasteiger partial charge in [-0.2, -0.15) is 0 Å². The fourth-order valence-electron chi connectivity index (χ4n) is 1.74. The maximum atomic E-state index is 2.23. The summed E-state index contributed by atoms with van der Waals surface area (Å²) in [4.78, 5) is 0. The summed E-state index contributed by atoms with van der Waals surface area (Å²) in [7, 11) is 2.05. The normalized spacial score (nSPS) is 9.81. The van der Waals surface area contributed by atoms with Gasteiger partial charge in [-0.05, 0) is 18.4 Å². The number of rotatable bonds is 4. The van der Waals surface area contributed by atoms with Crippen LogP contribution in [-0.4, -0.2) is 4.57 Å². The summed E-state index contributed by atoms with van der Waals surface area (Å²) in [5.41, 5.74) is 1.43. The highest BCUT2D eigenvalue weighted by Gasteiger charge is 1.99. The first kappa shape index (κ1) is 13.0. The predicted molar refractivity (Wildman–Crippen MR) is 60.4 cm³/mol. The van der Waals surface area contributed by atoms with E-state index in [9.17, 15) is 0 Å². The molecule has 0 amide bonds. The Bertz CT molecular complexity index is 409. The number of aryl methyl sites for hydroxylation is 3. The molecule has 2 rings (SSSR count). The Morgan fingerprint density at radius 2 is 1.94 bits per heavy atom. The Labute approximate surface area is 107 Å². The molecule has 2 aromatic rings. The Hall–Kier alpha value is -1.09. The molecular formula is C13H17BrN2. The minimum Gasteiger partial charge on any atom is -1.00 e. The third-order valence-electron chi connectivity index (χ3n) is 2.55. The first-order valence-electron chi connectivity index (χ1n) is 5.39. The molecule has 0 saturated heterocycles. The number of imidazole rings is 1. The molecule has 0 atom stereocenters. The highest BCUT2D eigenvalue weighted by atomic mass is 79.9. The average Bonchev–Trinajstić information content (AvgIpc) is 2.66. The third-order valence-corrected chi connectivity index (χ3v) is 2.55. The molecule has 0 aliphatic carbocycles. The molecular weight excluding hydrogens is 264 g/mol. The molecule has 86 valence electrons. The highest BCUT2D eigenvalue weighted by molar-refractivity contribution is 5.14. The lowest BCUT2D eigenvalue weighted by Crippen LogP contribution is -3.00. The van der Waals surface area contributed by atoms with Crippen LogP contribution in [0.5, 0.6) is 0 Å². The van der Waals surface area contributed by atoms with Gasteiger partial charge in [0.25, 0.3) is 0 Å². The molecule has 0 aliphatic rings. The van der Waals surface area contributed by atoms with Crippen LogP contribution < -0.4 is 21.5 Å². The zero-order valence-corrected chi connectivity index (χ0v) is 11.1. The summed E-state index contributed by atoms with van der Waals surface area (Å²) in [5.74, 6) is 0. The number of aromatic nitrogens is 2. The van der Waals surface area contributed by atoms with Crippen molar-refractivity contribution in [2.45, 2.75) is 19.4 Å². The van der Waals surface area contributed by atoms with E-state index in [2.05, 4.69) is 58.2 Å². The lowest BCUT2D eigenvalue weighted by atomic mass is 10.1. The van der Waals surface area contributed by atoms with Crippen LogP contribution in [0, 0.1) is 0 Å². The molecule has 1 aromatic heterocycles. The summed E-state index contributed by atoms with van der Waals surface area (Å²) in [5, 5.41) is 0. The van der Waals surface area contributed by atoms with Gasteiger partial charge in [0.2, 0.25) is 6.33 Å². The molecule has 0 radical (unpaired) electrons. The number of hydrogen-bond acceptors (Lipinski definition) is 0. The maximum Gasteiger partial charge on any atom is 0.243 e. The van der Waals surface area contributed by atoms with E-state index in [1.807, 2.05) is 7.05 Å². The molecule has 1 heterocycles. The Morgan fingerprint density at radius 3 is 2.56 bits per heavy atom. The van der Waals surface area contributed by atoms with E-state index in [1.165, 1.54) is 12.0 Å². The van der Waals surface area contributed by atoms with Crippen LogP contribution in [0.2, 0.25) is 0 Å². The first-order chi connectivity index (χ1) is 7.34. The van der Waals surface area contributed by atoms with Gasteiger partial charge in [0.15, 0.2) is 0 Å². The van der Waals surface area contributed by atoms with E-state index in [1.54, 1.807) is 0 Å². The zero-order chi connectivity index (χ0) is 10.5. The summed E-state index contributed by atoms with van der Waals surface area (Å²) < 4.78 is 4.30. The second-order valence-electron chi connectivity index (χ2n) is 3.91. The SMILES string of the molecule is C[n+]1ccn(CCCc2ccccc2)c1.[Br-]. The standard InChI is InChI=1S/C13H17N2.BrH/c1-14-10-11-15(12-14)9-5-8-13-6-3-2-4-7-13;/h2-4,6-7,10-12H,5,8-9H2,1H3;1H/q+1;/p-1. The monoisotopic (exact) mass is 280 g/mol. The van der Waals surface area contributed by atoms with Gasteiger partial charge < -0.3 is 17.0 Å². The molecule has 0 spiro atoms. The van der Waals surface area contributed by atoms with E-state index in [0.29, 0.717) is 0 Å². The largest absolute Gasteiger partial charge is 1.00 e. The van der Waals surface area contributed by atoms with Crippen molar-refractivity contribution in [3.63, 3.8) is 0 Å². The van der Waals surface area contributed by atoms with E-state index >= 15 is 0 Å². The van der Waals surface area contributed by atoms with Crippen molar-refractivity contribution in [1.29, 1.82) is 0 Å². The first-order valence-corrected chi connectivity index (χ1v) is 5.39. The minimum atomic E-state index is 0. The van der Waals surface area contributed by atoms with Crippen LogP contribution in [0.3, 0.4) is 0 Å². The van der Waals surface area contributed by atoms with Crippen LogP contribution in [0.1, 0.15) is 12.0 Å².